The molecule has 2 N–H and O–H groups in total. The van der Waals surface area contributed by atoms with Gasteiger partial charge >= 0.3 is 12.2 Å². The molecule has 0 radical (unpaired) electrons. The summed E-state index contributed by atoms with van der Waals surface area (Å²) in [4.78, 5) is 33.7. The Labute approximate surface area is 204 Å². The number of nitrogens with one attached hydrogen (secondary N) is 2. The Morgan fingerprint density at radius 1 is 0.824 bits per heavy atom. The van der Waals surface area contributed by atoms with E-state index in [1.807, 2.05) is 34.6 Å². The fourth-order valence-corrected chi connectivity index (χ4v) is 4.23. The number of carbonyl (C=O) groups excluding carboxylic acids is 3. The topological polar surface area (TPSA) is 93.7 Å². The standard InChI is InChI=1S/C12H21F2NO2.C12H21NO3.CH4/c1-7-5-8(10(13)14)6-9(7)15-11(16)17-12(2,3)4;1-8-5-9(7-14)6-10(8)13-11(15)16-12(2,3)4;/h7-10H,5-6H2,1-4H3,(H,15,16);7-10H,5-6H2,1-4H3,(H,13,15);1H4/t7-,8+,9-;8-,9+,10-;/m11./s1. The monoisotopic (exact) mass is 492 g/mol. The number of ether oxygens (including phenoxy) is 2. The van der Waals surface area contributed by atoms with Crippen molar-refractivity contribution in [1.29, 1.82) is 0 Å². The van der Waals surface area contributed by atoms with E-state index < -0.39 is 35.7 Å². The number of hydrogen-bond acceptors (Lipinski definition) is 5. The van der Waals surface area contributed by atoms with Crippen LogP contribution < -0.4 is 10.6 Å². The van der Waals surface area contributed by atoms with Gasteiger partial charge in [-0.3, -0.25) is 0 Å². The summed E-state index contributed by atoms with van der Waals surface area (Å²) >= 11 is 0. The fourth-order valence-electron chi connectivity index (χ4n) is 4.23. The zero-order valence-corrected chi connectivity index (χ0v) is 21.2. The maximum Gasteiger partial charge on any atom is 0.407 e. The summed E-state index contributed by atoms with van der Waals surface area (Å²) < 4.78 is 35.4. The maximum atomic E-state index is 12.6. The second-order valence-electron chi connectivity index (χ2n) is 11.4. The van der Waals surface area contributed by atoms with Crippen LogP contribution in [0.4, 0.5) is 18.4 Å². The molecule has 2 amide bonds. The van der Waals surface area contributed by atoms with Gasteiger partial charge in [-0.05, 0) is 79.1 Å². The number of amides is 2. The third-order valence-electron chi connectivity index (χ3n) is 5.79. The van der Waals surface area contributed by atoms with Crippen LogP contribution >= 0.6 is 0 Å². The summed E-state index contributed by atoms with van der Waals surface area (Å²) in [6, 6.07) is -0.145. The minimum atomic E-state index is -2.30. The number of hydrogen-bond donors (Lipinski definition) is 2. The summed E-state index contributed by atoms with van der Waals surface area (Å²) in [5.74, 6) is -0.121. The quantitative estimate of drug-likeness (QED) is 0.473. The Balaban J connectivity index is 0.000000623. The van der Waals surface area contributed by atoms with Crippen molar-refractivity contribution in [3.8, 4) is 0 Å². The van der Waals surface area contributed by atoms with Crippen molar-refractivity contribution in [3.05, 3.63) is 0 Å². The van der Waals surface area contributed by atoms with Gasteiger partial charge in [-0.1, -0.05) is 21.3 Å². The van der Waals surface area contributed by atoms with Crippen molar-refractivity contribution in [1.82, 2.24) is 10.6 Å². The lowest BCUT2D eigenvalue weighted by Crippen LogP contribution is -2.40. The van der Waals surface area contributed by atoms with E-state index in [4.69, 9.17) is 9.47 Å². The van der Waals surface area contributed by atoms with Gasteiger partial charge in [0.15, 0.2) is 0 Å². The molecule has 0 aromatic heterocycles. The first-order chi connectivity index (χ1) is 15.0. The fraction of sp³-hybridized carbons (Fsp3) is 0.880. The molecule has 2 rings (SSSR count). The number of alkyl carbamates (subject to hydrolysis) is 2. The molecule has 9 heteroatoms. The molecule has 0 heterocycles. The molecular formula is C25H46F2N2O5. The number of aldehydes is 1. The molecule has 0 aliphatic heterocycles. The summed E-state index contributed by atoms with van der Waals surface area (Å²) in [6.45, 7) is 14.7. The largest absolute Gasteiger partial charge is 0.444 e. The zero-order valence-electron chi connectivity index (χ0n) is 21.2. The smallest absolute Gasteiger partial charge is 0.407 e. The van der Waals surface area contributed by atoms with Crippen LogP contribution in [0.2, 0.25) is 0 Å². The molecule has 0 aromatic carbocycles. The van der Waals surface area contributed by atoms with Gasteiger partial charge in [-0.2, -0.15) is 0 Å². The van der Waals surface area contributed by atoms with Crippen LogP contribution in [-0.2, 0) is 14.3 Å². The summed E-state index contributed by atoms with van der Waals surface area (Å²) in [5, 5.41) is 5.50. The second kappa shape index (κ2) is 13.2. The number of rotatable bonds is 4. The maximum absolute atomic E-state index is 12.6. The molecule has 0 saturated heterocycles. The average molecular weight is 493 g/mol. The van der Waals surface area contributed by atoms with Crippen LogP contribution in [0.15, 0.2) is 0 Å². The van der Waals surface area contributed by atoms with E-state index in [1.54, 1.807) is 20.8 Å². The van der Waals surface area contributed by atoms with E-state index in [9.17, 15) is 23.2 Å². The third kappa shape index (κ3) is 12.0. The Morgan fingerprint density at radius 3 is 1.56 bits per heavy atom. The molecule has 0 spiro atoms. The van der Waals surface area contributed by atoms with E-state index in [1.165, 1.54) is 0 Å². The highest BCUT2D eigenvalue weighted by molar-refractivity contribution is 5.68. The van der Waals surface area contributed by atoms with Crippen LogP contribution in [0.5, 0.6) is 0 Å². The van der Waals surface area contributed by atoms with Gasteiger partial charge in [-0.15, -0.1) is 0 Å². The van der Waals surface area contributed by atoms with Gasteiger partial charge in [0, 0.05) is 23.9 Å². The number of carbonyl (C=O) groups is 3. The van der Waals surface area contributed by atoms with Crippen molar-refractivity contribution in [3.63, 3.8) is 0 Å². The van der Waals surface area contributed by atoms with Gasteiger partial charge < -0.3 is 24.9 Å². The SMILES string of the molecule is C.C[C@@H]1C[C@H](C(F)F)C[C@H]1NC(=O)OC(C)(C)C.C[C@@H]1C[C@H](C=O)C[C@H]1NC(=O)OC(C)(C)C. The van der Waals surface area contributed by atoms with Crippen molar-refractivity contribution < 1.29 is 32.6 Å². The first-order valence-corrected chi connectivity index (χ1v) is 11.7. The molecule has 0 bridgehead atoms. The second-order valence-corrected chi connectivity index (χ2v) is 11.4. The molecule has 2 fully saturated rings. The van der Waals surface area contributed by atoms with Gasteiger partial charge in [0.2, 0.25) is 6.43 Å². The Morgan fingerprint density at radius 2 is 1.24 bits per heavy atom. The van der Waals surface area contributed by atoms with E-state index in [0.717, 1.165) is 19.1 Å². The lowest BCUT2D eigenvalue weighted by molar-refractivity contribution is -0.111. The third-order valence-corrected chi connectivity index (χ3v) is 5.79. The van der Waals surface area contributed by atoms with Crippen molar-refractivity contribution in [2.24, 2.45) is 23.7 Å². The molecular weight excluding hydrogens is 446 g/mol. The molecule has 0 unspecified atom stereocenters. The van der Waals surface area contributed by atoms with Crippen LogP contribution in [0.25, 0.3) is 0 Å². The van der Waals surface area contributed by atoms with E-state index in [-0.39, 0.29) is 31.3 Å². The molecule has 2 aliphatic carbocycles. The summed E-state index contributed by atoms with van der Waals surface area (Å²) in [7, 11) is 0. The van der Waals surface area contributed by atoms with Crippen LogP contribution in [-0.4, -0.2) is 48.2 Å². The Kier molecular flexibility index (Phi) is 12.5. The van der Waals surface area contributed by atoms with Crippen LogP contribution in [0, 0.1) is 23.7 Å². The predicted molar refractivity (Wildman–Crippen MR) is 129 cm³/mol. The number of alkyl halides is 2. The molecule has 7 nitrogen and oxygen atoms in total. The first-order valence-electron chi connectivity index (χ1n) is 11.7. The van der Waals surface area contributed by atoms with Gasteiger partial charge in [0.1, 0.15) is 17.5 Å². The molecule has 2 aliphatic rings. The van der Waals surface area contributed by atoms with E-state index in [2.05, 4.69) is 10.6 Å². The van der Waals surface area contributed by atoms with Crippen LogP contribution in [0.1, 0.15) is 88.5 Å². The van der Waals surface area contributed by atoms with Crippen LogP contribution in [0.3, 0.4) is 0 Å². The van der Waals surface area contributed by atoms with E-state index >= 15 is 0 Å². The molecule has 2 saturated carbocycles. The lowest BCUT2D eigenvalue weighted by Gasteiger charge is -2.23. The van der Waals surface area contributed by atoms with Crippen molar-refractivity contribution >= 4 is 18.5 Å². The Hall–Kier alpha value is -1.93. The molecule has 0 aromatic rings. The van der Waals surface area contributed by atoms with Crippen molar-refractivity contribution in [2.45, 2.75) is 118 Å². The van der Waals surface area contributed by atoms with Crippen molar-refractivity contribution in [2.75, 3.05) is 0 Å². The lowest BCUT2D eigenvalue weighted by atomic mass is 10.1. The Bertz CT molecular complexity index is 661. The highest BCUT2D eigenvalue weighted by Gasteiger charge is 2.37. The van der Waals surface area contributed by atoms with Gasteiger partial charge in [0.05, 0.1) is 0 Å². The molecule has 34 heavy (non-hydrogen) atoms. The normalized spacial score (nSPS) is 28.8. The van der Waals surface area contributed by atoms with E-state index in [0.29, 0.717) is 18.8 Å². The zero-order chi connectivity index (χ0) is 25.6. The first kappa shape index (κ1) is 32.1. The summed E-state index contributed by atoms with van der Waals surface area (Å²) in [5.41, 5.74) is -1.04. The minimum Gasteiger partial charge on any atom is -0.444 e. The molecule has 6 atom stereocenters. The molecule has 200 valence electrons. The van der Waals surface area contributed by atoms with Gasteiger partial charge in [0.25, 0.3) is 0 Å². The highest BCUT2D eigenvalue weighted by Crippen LogP contribution is 2.35. The number of halogens is 2. The highest BCUT2D eigenvalue weighted by atomic mass is 19.3. The van der Waals surface area contributed by atoms with Gasteiger partial charge in [-0.25, -0.2) is 18.4 Å². The average Bonchev–Trinajstić information content (AvgIpc) is 3.15. The minimum absolute atomic E-state index is 0. The predicted octanol–water partition coefficient (Wildman–Crippen LogP) is 5.95. The summed E-state index contributed by atoms with van der Waals surface area (Å²) in [6.07, 6.45) is 0.125.